The number of aliphatic imine (C=N–C) groups is 1. The van der Waals surface area contributed by atoms with Crippen molar-refractivity contribution in [3.05, 3.63) is 85.5 Å². The summed E-state index contributed by atoms with van der Waals surface area (Å²) in [6.07, 6.45) is 1.67. The zero-order valence-electron chi connectivity index (χ0n) is 15.5. The molecule has 0 aliphatic carbocycles. The van der Waals surface area contributed by atoms with E-state index >= 15 is 0 Å². The van der Waals surface area contributed by atoms with Gasteiger partial charge in [-0.25, -0.2) is 4.98 Å². The molecule has 0 fully saturated rings. The highest BCUT2D eigenvalue weighted by Gasteiger charge is 2.10. The maximum absolute atomic E-state index is 10.2. The molecule has 0 unspecified atom stereocenters. The summed E-state index contributed by atoms with van der Waals surface area (Å²) in [6.45, 7) is 0. The molecule has 4 nitrogen and oxygen atoms in total. The standard InChI is InChI=1S/C24H14I2N2O2/c25-18-10-17(23(29)20(26)11-18)13-27-19-7-8-21-22(12-19)30-24(28-21)16-6-5-14-3-1-2-4-15(14)9-16/h1-13,29H. The van der Waals surface area contributed by atoms with Crippen LogP contribution in [-0.4, -0.2) is 16.3 Å². The number of halogens is 2. The number of hydrogen-bond acceptors (Lipinski definition) is 4. The number of fused-ring (bicyclic) bond motifs is 2. The molecular weight excluding hydrogens is 602 g/mol. The SMILES string of the molecule is Oc1c(I)cc(I)cc1C=Nc1ccc2nc(-c3ccc4ccccc4c3)oc2c1. The van der Waals surface area contributed by atoms with Crippen LogP contribution in [0.15, 0.2) is 82.2 Å². The van der Waals surface area contributed by atoms with Crippen molar-refractivity contribution in [1.82, 2.24) is 4.98 Å². The average molecular weight is 616 g/mol. The van der Waals surface area contributed by atoms with Crippen LogP contribution in [0.25, 0.3) is 33.3 Å². The van der Waals surface area contributed by atoms with E-state index in [0.717, 1.165) is 29.3 Å². The third-order valence-electron chi connectivity index (χ3n) is 4.78. The molecule has 5 aromatic rings. The Labute approximate surface area is 200 Å². The average Bonchev–Trinajstić information content (AvgIpc) is 3.18. The van der Waals surface area contributed by atoms with Gasteiger partial charge in [-0.2, -0.15) is 0 Å². The lowest BCUT2D eigenvalue weighted by Gasteiger charge is -2.02. The zero-order chi connectivity index (χ0) is 20.7. The summed E-state index contributed by atoms with van der Waals surface area (Å²) in [6, 6.07) is 23.9. The highest BCUT2D eigenvalue weighted by molar-refractivity contribution is 14.1. The smallest absolute Gasteiger partial charge is 0.227 e. The predicted octanol–water partition coefficient (Wildman–Crippen LogP) is 7.31. The Morgan fingerprint density at radius 2 is 1.73 bits per heavy atom. The van der Waals surface area contributed by atoms with E-state index in [4.69, 9.17) is 4.42 Å². The van der Waals surface area contributed by atoms with Gasteiger partial charge in [-0.05, 0) is 92.4 Å². The third-order valence-corrected chi connectivity index (χ3v) is 6.22. The monoisotopic (exact) mass is 616 g/mol. The Bertz CT molecular complexity index is 1440. The lowest BCUT2D eigenvalue weighted by atomic mass is 10.1. The Hall–Kier alpha value is -2.46. The number of phenolic OH excluding ortho intramolecular Hbond substituents is 1. The molecule has 0 atom stereocenters. The topological polar surface area (TPSA) is 58.6 Å². The molecule has 30 heavy (non-hydrogen) atoms. The van der Waals surface area contributed by atoms with Crippen molar-refractivity contribution in [2.24, 2.45) is 4.99 Å². The number of rotatable bonds is 3. The van der Waals surface area contributed by atoms with Crippen LogP contribution in [0.1, 0.15) is 5.56 Å². The molecule has 1 heterocycles. The number of aromatic hydroxyl groups is 1. The maximum atomic E-state index is 10.2. The number of phenols is 1. The van der Waals surface area contributed by atoms with Gasteiger partial charge in [0.2, 0.25) is 5.89 Å². The van der Waals surface area contributed by atoms with Gasteiger partial charge in [0.05, 0.1) is 9.26 Å². The molecule has 0 aliphatic heterocycles. The molecule has 4 aromatic carbocycles. The number of oxazole rings is 1. The molecule has 0 amide bonds. The number of aromatic nitrogens is 1. The van der Waals surface area contributed by atoms with Crippen LogP contribution in [0.2, 0.25) is 0 Å². The zero-order valence-corrected chi connectivity index (χ0v) is 19.8. The quantitative estimate of drug-likeness (QED) is 0.171. The van der Waals surface area contributed by atoms with Gasteiger partial charge in [-0.3, -0.25) is 4.99 Å². The highest BCUT2D eigenvalue weighted by atomic mass is 127. The lowest BCUT2D eigenvalue weighted by Crippen LogP contribution is -1.87. The first-order chi connectivity index (χ1) is 14.6. The van der Waals surface area contributed by atoms with Crippen molar-refractivity contribution in [3.8, 4) is 17.2 Å². The predicted molar refractivity (Wildman–Crippen MR) is 138 cm³/mol. The first-order valence-corrected chi connectivity index (χ1v) is 11.3. The second kappa shape index (κ2) is 7.99. The minimum atomic E-state index is 0.235. The van der Waals surface area contributed by atoms with E-state index in [2.05, 4.69) is 79.4 Å². The highest BCUT2D eigenvalue weighted by Crippen LogP contribution is 2.30. The van der Waals surface area contributed by atoms with Gasteiger partial charge < -0.3 is 9.52 Å². The molecule has 0 spiro atoms. The van der Waals surface area contributed by atoms with Gasteiger partial charge in [0, 0.05) is 27.0 Å². The summed E-state index contributed by atoms with van der Waals surface area (Å²) >= 11 is 4.34. The molecular formula is C24H14I2N2O2. The van der Waals surface area contributed by atoms with E-state index < -0.39 is 0 Å². The van der Waals surface area contributed by atoms with Crippen molar-refractivity contribution in [2.75, 3.05) is 0 Å². The molecule has 1 N–H and O–H groups in total. The number of nitrogens with zero attached hydrogens (tertiary/aromatic N) is 2. The Kier molecular flexibility index (Phi) is 5.20. The van der Waals surface area contributed by atoms with Crippen molar-refractivity contribution >= 4 is 79.0 Å². The van der Waals surface area contributed by atoms with Crippen LogP contribution in [-0.2, 0) is 0 Å². The maximum Gasteiger partial charge on any atom is 0.227 e. The molecule has 1 aromatic heterocycles. The Morgan fingerprint density at radius 3 is 2.60 bits per heavy atom. The molecule has 146 valence electrons. The van der Waals surface area contributed by atoms with Crippen molar-refractivity contribution < 1.29 is 9.52 Å². The summed E-state index contributed by atoms with van der Waals surface area (Å²) in [7, 11) is 0. The summed E-state index contributed by atoms with van der Waals surface area (Å²) < 4.78 is 7.86. The van der Waals surface area contributed by atoms with E-state index in [9.17, 15) is 5.11 Å². The fourth-order valence-electron chi connectivity index (χ4n) is 3.27. The second-order valence-corrected chi connectivity index (χ2v) is 9.22. The van der Waals surface area contributed by atoms with E-state index in [-0.39, 0.29) is 5.75 Å². The minimum absolute atomic E-state index is 0.235. The van der Waals surface area contributed by atoms with Crippen molar-refractivity contribution in [2.45, 2.75) is 0 Å². The molecule has 0 radical (unpaired) electrons. The lowest BCUT2D eigenvalue weighted by molar-refractivity contribution is 0.470. The van der Waals surface area contributed by atoms with E-state index in [1.807, 2.05) is 48.5 Å². The molecule has 5 rings (SSSR count). The first kappa shape index (κ1) is 19.5. The third kappa shape index (κ3) is 3.81. The van der Waals surface area contributed by atoms with Gasteiger partial charge in [0.15, 0.2) is 5.58 Å². The van der Waals surface area contributed by atoms with E-state index in [0.29, 0.717) is 17.0 Å². The van der Waals surface area contributed by atoms with Crippen molar-refractivity contribution in [1.29, 1.82) is 0 Å². The molecule has 0 aliphatic rings. The van der Waals surface area contributed by atoms with Crippen LogP contribution < -0.4 is 0 Å². The first-order valence-electron chi connectivity index (χ1n) is 9.19. The molecule has 0 bridgehead atoms. The van der Waals surface area contributed by atoms with Crippen LogP contribution >= 0.6 is 45.2 Å². The largest absolute Gasteiger partial charge is 0.506 e. The molecule has 0 saturated heterocycles. The number of benzene rings is 4. The normalized spacial score (nSPS) is 11.7. The Balaban J connectivity index is 1.49. The molecule has 0 saturated carbocycles. The number of hydrogen-bond donors (Lipinski definition) is 1. The summed E-state index contributed by atoms with van der Waals surface area (Å²) in [5.74, 6) is 0.820. The fourth-order valence-corrected chi connectivity index (χ4v) is 5.16. The van der Waals surface area contributed by atoms with Gasteiger partial charge >= 0.3 is 0 Å². The summed E-state index contributed by atoms with van der Waals surface area (Å²) in [5.41, 5.74) is 3.81. The second-order valence-electron chi connectivity index (χ2n) is 6.82. The summed E-state index contributed by atoms with van der Waals surface area (Å²) in [5, 5.41) is 12.6. The van der Waals surface area contributed by atoms with Gasteiger partial charge in [-0.15, -0.1) is 0 Å². The Morgan fingerprint density at radius 1 is 0.900 bits per heavy atom. The molecule has 6 heteroatoms. The van der Waals surface area contributed by atoms with Gasteiger partial charge in [0.1, 0.15) is 11.3 Å². The van der Waals surface area contributed by atoms with Crippen LogP contribution in [0.3, 0.4) is 0 Å². The fraction of sp³-hybridized carbons (Fsp3) is 0. The minimum Gasteiger partial charge on any atom is -0.506 e. The van der Waals surface area contributed by atoms with E-state index in [1.165, 1.54) is 5.39 Å². The van der Waals surface area contributed by atoms with Gasteiger partial charge in [0.25, 0.3) is 0 Å². The van der Waals surface area contributed by atoms with Crippen molar-refractivity contribution in [3.63, 3.8) is 0 Å². The van der Waals surface area contributed by atoms with Crippen LogP contribution in [0.5, 0.6) is 5.75 Å². The van der Waals surface area contributed by atoms with Crippen LogP contribution in [0, 0.1) is 7.14 Å². The van der Waals surface area contributed by atoms with E-state index in [1.54, 1.807) is 6.21 Å². The van der Waals surface area contributed by atoms with Crippen LogP contribution in [0.4, 0.5) is 5.69 Å². The van der Waals surface area contributed by atoms with Gasteiger partial charge in [-0.1, -0.05) is 30.3 Å². The summed E-state index contributed by atoms with van der Waals surface area (Å²) in [4.78, 5) is 9.14.